The highest BCUT2D eigenvalue weighted by molar-refractivity contribution is 8.77. The van der Waals surface area contributed by atoms with Gasteiger partial charge in [-0.05, 0) is 53.1 Å². The number of β-lactam (4-membered cyclic amide) rings is 1. The predicted octanol–water partition coefficient (Wildman–Crippen LogP) is 6.00. The van der Waals surface area contributed by atoms with Crippen LogP contribution in [0.1, 0.15) is 24.2 Å². The number of benzene rings is 3. The summed E-state index contributed by atoms with van der Waals surface area (Å²) in [5.74, 6) is -2.81. The Morgan fingerprint density at radius 2 is 1.80 bits per heavy atom. The third kappa shape index (κ3) is 6.07. The standard InChI is InChI=1S/C28H23N3O7S3/c1-16(32)23(27(35)38-15-17-11-13-19(14-12-17)31(36)37)30-25(34)22(24(33)18-7-3-2-4-8-18)26(30)40-41-28-29-20-9-5-6-10-21(20)39-28/h2-14,22,24,26,32-33H,15H2,1H3/t22?,24?,26-/m1/s1. The molecule has 0 spiro atoms. The second-order valence-corrected chi connectivity index (χ2v) is 12.6. The summed E-state index contributed by atoms with van der Waals surface area (Å²) in [6.07, 6.45) is -1.15. The largest absolute Gasteiger partial charge is 0.510 e. The van der Waals surface area contributed by atoms with Gasteiger partial charge in [-0.3, -0.25) is 19.8 Å². The minimum absolute atomic E-state index is 0.105. The van der Waals surface area contributed by atoms with Crippen LogP contribution in [-0.4, -0.2) is 42.3 Å². The molecular formula is C28H23N3O7S3. The summed E-state index contributed by atoms with van der Waals surface area (Å²) < 4.78 is 7.11. The van der Waals surface area contributed by atoms with Gasteiger partial charge in [0.05, 0.1) is 27.2 Å². The van der Waals surface area contributed by atoms with Gasteiger partial charge in [0.15, 0.2) is 10.0 Å². The highest BCUT2D eigenvalue weighted by Crippen LogP contribution is 2.51. The van der Waals surface area contributed by atoms with E-state index in [1.54, 1.807) is 30.3 Å². The number of aliphatic hydroxyl groups excluding tert-OH is 2. The van der Waals surface area contributed by atoms with Gasteiger partial charge in [-0.2, -0.15) is 0 Å². The summed E-state index contributed by atoms with van der Waals surface area (Å²) in [5.41, 5.74) is 1.43. The Kier molecular flexibility index (Phi) is 8.59. The molecule has 0 radical (unpaired) electrons. The van der Waals surface area contributed by atoms with Crippen LogP contribution in [-0.2, 0) is 20.9 Å². The van der Waals surface area contributed by atoms with E-state index >= 15 is 0 Å². The van der Waals surface area contributed by atoms with Crippen LogP contribution in [0.25, 0.3) is 10.2 Å². The fraction of sp³-hybridized carbons (Fsp3) is 0.179. The molecule has 0 saturated carbocycles. The maximum absolute atomic E-state index is 13.5. The SMILES string of the molecule is CC(O)=C(C(=O)OCc1ccc([N+](=O)[O-])cc1)N1C(=O)C(C(O)c2ccccc2)[C@H]1SSc1nc2ccccc2s1. The Hall–Kier alpha value is -3.91. The van der Waals surface area contributed by atoms with E-state index in [0.717, 1.165) is 19.5 Å². The summed E-state index contributed by atoms with van der Waals surface area (Å²) in [6.45, 7) is 1.04. The van der Waals surface area contributed by atoms with Gasteiger partial charge in [-0.15, -0.1) is 11.3 Å². The van der Waals surface area contributed by atoms with Crippen LogP contribution in [0.2, 0.25) is 0 Å². The lowest BCUT2D eigenvalue weighted by Gasteiger charge is -2.48. The summed E-state index contributed by atoms with van der Waals surface area (Å²) in [5, 5.41) is 31.8. The smallest absolute Gasteiger partial charge is 0.358 e. The fourth-order valence-corrected chi connectivity index (χ4v) is 8.33. The maximum Gasteiger partial charge on any atom is 0.358 e. The molecular weight excluding hydrogens is 587 g/mol. The number of allylic oxidation sites excluding steroid dienone is 1. The summed E-state index contributed by atoms with van der Waals surface area (Å²) in [4.78, 5) is 42.8. The van der Waals surface area contributed by atoms with Crippen molar-refractivity contribution in [2.45, 2.75) is 29.3 Å². The van der Waals surface area contributed by atoms with E-state index in [1.807, 2.05) is 24.3 Å². The van der Waals surface area contributed by atoms with Gasteiger partial charge in [0.1, 0.15) is 17.7 Å². The van der Waals surface area contributed by atoms with Crippen LogP contribution < -0.4 is 0 Å². The van der Waals surface area contributed by atoms with Crippen molar-refractivity contribution in [1.82, 2.24) is 9.88 Å². The number of hydrogen-bond donors (Lipinski definition) is 2. The molecule has 4 aromatic rings. The normalized spacial score (nSPS) is 18.0. The van der Waals surface area contributed by atoms with E-state index in [1.165, 1.54) is 64.1 Å². The number of aliphatic hydroxyl groups is 2. The number of thiazole rings is 1. The number of non-ortho nitro benzene ring substituents is 1. The summed E-state index contributed by atoms with van der Waals surface area (Å²) in [6, 6.07) is 21.9. The molecule has 3 atom stereocenters. The number of nitrogens with zero attached hydrogens (tertiary/aromatic N) is 3. The number of fused-ring (bicyclic) bond motifs is 1. The van der Waals surface area contributed by atoms with Crippen LogP contribution in [0.3, 0.4) is 0 Å². The number of nitro groups is 1. The zero-order valence-electron chi connectivity index (χ0n) is 21.4. The Labute approximate surface area is 246 Å². The molecule has 2 unspecified atom stereocenters. The minimum Gasteiger partial charge on any atom is -0.510 e. The maximum atomic E-state index is 13.5. The Morgan fingerprint density at radius 1 is 1.12 bits per heavy atom. The van der Waals surface area contributed by atoms with E-state index in [9.17, 15) is 29.9 Å². The molecule has 2 heterocycles. The first kappa shape index (κ1) is 28.6. The van der Waals surface area contributed by atoms with Crippen molar-refractivity contribution >= 4 is 60.7 Å². The molecule has 0 aliphatic carbocycles. The summed E-state index contributed by atoms with van der Waals surface area (Å²) in [7, 11) is 2.56. The Balaban J connectivity index is 1.37. The molecule has 41 heavy (non-hydrogen) atoms. The van der Waals surface area contributed by atoms with Crippen molar-refractivity contribution in [3.8, 4) is 0 Å². The van der Waals surface area contributed by atoms with Crippen LogP contribution >= 0.6 is 32.9 Å². The first-order valence-electron chi connectivity index (χ1n) is 12.3. The number of esters is 1. The molecule has 3 aromatic carbocycles. The second-order valence-electron chi connectivity index (χ2n) is 9.04. The highest BCUT2D eigenvalue weighted by atomic mass is 33.1. The Bertz CT molecular complexity index is 1590. The van der Waals surface area contributed by atoms with Gasteiger partial charge in [0, 0.05) is 12.1 Å². The molecule has 210 valence electrons. The molecule has 1 saturated heterocycles. The van der Waals surface area contributed by atoms with Crippen molar-refractivity contribution in [2.24, 2.45) is 5.92 Å². The number of para-hydroxylation sites is 1. The lowest BCUT2D eigenvalue weighted by molar-refractivity contribution is -0.384. The van der Waals surface area contributed by atoms with Gasteiger partial charge in [0.2, 0.25) is 5.91 Å². The number of amides is 1. The first-order chi connectivity index (χ1) is 19.7. The molecule has 2 N–H and O–H groups in total. The molecule has 1 amide bonds. The van der Waals surface area contributed by atoms with Crippen molar-refractivity contribution in [3.63, 3.8) is 0 Å². The van der Waals surface area contributed by atoms with E-state index in [0.29, 0.717) is 11.1 Å². The minimum atomic E-state index is -1.15. The van der Waals surface area contributed by atoms with Crippen molar-refractivity contribution in [2.75, 3.05) is 0 Å². The number of carbonyl (C=O) groups is 2. The van der Waals surface area contributed by atoms with Gasteiger partial charge in [-0.1, -0.05) is 53.3 Å². The quantitative estimate of drug-likeness (QED) is 0.0418. The van der Waals surface area contributed by atoms with Crippen molar-refractivity contribution < 1.29 is 29.5 Å². The van der Waals surface area contributed by atoms with Gasteiger partial charge in [0.25, 0.3) is 5.69 Å². The molecule has 13 heteroatoms. The van der Waals surface area contributed by atoms with Crippen LogP contribution in [0, 0.1) is 16.0 Å². The molecule has 1 aliphatic heterocycles. The Morgan fingerprint density at radius 3 is 2.46 bits per heavy atom. The van der Waals surface area contributed by atoms with Crippen molar-refractivity contribution in [3.05, 3.63) is 112 Å². The molecule has 1 aliphatic rings. The number of hydrogen-bond acceptors (Lipinski definition) is 11. The predicted molar refractivity (Wildman–Crippen MR) is 157 cm³/mol. The van der Waals surface area contributed by atoms with E-state index in [2.05, 4.69) is 4.98 Å². The fourth-order valence-electron chi connectivity index (χ4n) is 4.30. The molecule has 0 bridgehead atoms. The summed E-state index contributed by atoms with van der Waals surface area (Å²) >= 11 is 1.48. The lowest BCUT2D eigenvalue weighted by Crippen LogP contribution is -2.61. The highest BCUT2D eigenvalue weighted by Gasteiger charge is 2.55. The van der Waals surface area contributed by atoms with E-state index in [4.69, 9.17) is 4.74 Å². The molecule has 1 fully saturated rings. The van der Waals surface area contributed by atoms with Gasteiger partial charge in [-0.25, -0.2) is 9.78 Å². The van der Waals surface area contributed by atoms with Gasteiger partial charge < -0.3 is 14.9 Å². The zero-order valence-corrected chi connectivity index (χ0v) is 23.9. The molecule has 5 rings (SSSR count). The van der Waals surface area contributed by atoms with Crippen LogP contribution in [0.4, 0.5) is 5.69 Å². The first-order valence-corrected chi connectivity index (χ1v) is 15.3. The monoisotopic (exact) mass is 609 g/mol. The van der Waals surface area contributed by atoms with E-state index in [-0.39, 0.29) is 18.0 Å². The number of nitro benzene ring substituents is 1. The number of likely N-dealkylation sites (tertiary alicyclic amines) is 1. The number of carbonyl (C=O) groups excluding carboxylic acids is 2. The third-order valence-electron chi connectivity index (χ3n) is 6.35. The number of aromatic nitrogens is 1. The topological polar surface area (TPSA) is 143 Å². The molecule has 1 aromatic heterocycles. The van der Waals surface area contributed by atoms with Crippen LogP contribution in [0.15, 0.2) is 94.7 Å². The average molecular weight is 610 g/mol. The lowest BCUT2D eigenvalue weighted by atomic mass is 9.87. The number of ether oxygens (including phenoxy) is 1. The average Bonchev–Trinajstić information content (AvgIpc) is 3.39. The van der Waals surface area contributed by atoms with Gasteiger partial charge >= 0.3 is 5.97 Å². The van der Waals surface area contributed by atoms with E-state index < -0.39 is 40.0 Å². The number of rotatable bonds is 10. The van der Waals surface area contributed by atoms with Crippen LogP contribution in [0.5, 0.6) is 0 Å². The van der Waals surface area contributed by atoms with Crippen molar-refractivity contribution in [1.29, 1.82) is 0 Å². The third-order valence-corrected chi connectivity index (χ3v) is 10.4. The second kappa shape index (κ2) is 12.3. The molecule has 10 nitrogen and oxygen atoms in total. The zero-order chi connectivity index (χ0) is 29.1.